The van der Waals surface area contributed by atoms with Gasteiger partial charge in [-0.15, -0.1) is 0 Å². The Bertz CT molecular complexity index is 433. The van der Waals surface area contributed by atoms with E-state index in [9.17, 15) is 9.59 Å². The first-order valence-electron chi connectivity index (χ1n) is 5.27. The number of rotatable bonds is 6. The topological polar surface area (TPSA) is 98.1 Å². The van der Waals surface area contributed by atoms with E-state index in [1.807, 2.05) is 0 Å². The Kier molecular flexibility index (Phi) is 5.55. The third-order valence-electron chi connectivity index (χ3n) is 1.81. The van der Waals surface area contributed by atoms with E-state index in [0.29, 0.717) is 30.4 Å². The van der Waals surface area contributed by atoms with Crippen molar-refractivity contribution in [2.45, 2.75) is 24.9 Å². The van der Waals surface area contributed by atoms with Crippen molar-refractivity contribution in [1.29, 1.82) is 0 Å². The highest BCUT2D eigenvalue weighted by molar-refractivity contribution is 7.99. The quantitative estimate of drug-likeness (QED) is 0.338. The average Bonchev–Trinajstić information content (AvgIpc) is 2.23. The van der Waals surface area contributed by atoms with Gasteiger partial charge in [0.2, 0.25) is 0 Å². The molecular weight excluding hydrogens is 242 g/mol. The number of nitrogens with one attached hydrogen (secondary N) is 1. The predicted molar refractivity (Wildman–Crippen MR) is 65.9 cm³/mol. The van der Waals surface area contributed by atoms with E-state index < -0.39 is 0 Å². The molecule has 0 aliphatic heterocycles. The molecule has 0 saturated heterocycles. The van der Waals surface area contributed by atoms with E-state index in [4.69, 9.17) is 10.5 Å². The van der Waals surface area contributed by atoms with Gasteiger partial charge in [-0.25, -0.2) is 4.98 Å². The maximum Gasteiger partial charge on any atom is 0.305 e. The number of esters is 1. The first-order chi connectivity index (χ1) is 8.11. The maximum atomic E-state index is 11.1. The minimum Gasteiger partial charge on any atom is -0.466 e. The fourth-order valence-electron chi connectivity index (χ4n) is 1.14. The SMILES string of the molecule is CCOC(=O)CCCSc1nc(N)cc(=O)[nH]1. The van der Waals surface area contributed by atoms with Crippen molar-refractivity contribution < 1.29 is 9.53 Å². The molecule has 0 amide bonds. The monoisotopic (exact) mass is 257 g/mol. The Labute approximate surface area is 103 Å². The van der Waals surface area contributed by atoms with Gasteiger partial charge in [0.25, 0.3) is 5.56 Å². The van der Waals surface area contributed by atoms with Crippen molar-refractivity contribution in [3.63, 3.8) is 0 Å². The molecule has 1 heterocycles. The minimum atomic E-state index is -0.273. The fourth-order valence-corrected chi connectivity index (χ4v) is 1.96. The zero-order valence-electron chi connectivity index (χ0n) is 9.56. The molecule has 17 heavy (non-hydrogen) atoms. The Morgan fingerprint density at radius 2 is 2.41 bits per heavy atom. The summed E-state index contributed by atoms with van der Waals surface area (Å²) in [5.74, 6) is 0.661. The lowest BCUT2D eigenvalue weighted by atomic mass is 10.3. The predicted octanol–water partition coefficient (Wildman–Crippen LogP) is 0.788. The van der Waals surface area contributed by atoms with Gasteiger partial charge < -0.3 is 15.5 Å². The summed E-state index contributed by atoms with van der Waals surface area (Å²) < 4.78 is 4.79. The molecule has 1 rings (SSSR count). The lowest BCUT2D eigenvalue weighted by Gasteiger charge is -2.02. The van der Waals surface area contributed by atoms with Crippen molar-refractivity contribution in [1.82, 2.24) is 9.97 Å². The molecule has 6 nitrogen and oxygen atoms in total. The minimum absolute atomic E-state index is 0.196. The molecule has 0 fully saturated rings. The summed E-state index contributed by atoms with van der Waals surface area (Å²) in [4.78, 5) is 28.6. The molecule has 0 bridgehead atoms. The lowest BCUT2D eigenvalue weighted by Crippen LogP contribution is -2.09. The number of hydrogen-bond acceptors (Lipinski definition) is 6. The number of nitrogens with zero attached hydrogens (tertiary/aromatic N) is 1. The number of carbonyl (C=O) groups is 1. The molecule has 1 aromatic heterocycles. The van der Waals surface area contributed by atoms with Crippen molar-refractivity contribution in [3.05, 3.63) is 16.4 Å². The van der Waals surface area contributed by atoms with Gasteiger partial charge in [0.05, 0.1) is 6.61 Å². The van der Waals surface area contributed by atoms with E-state index >= 15 is 0 Å². The number of H-pyrrole nitrogens is 1. The second-order valence-corrected chi connectivity index (χ2v) is 4.32. The van der Waals surface area contributed by atoms with Crippen LogP contribution in [0.25, 0.3) is 0 Å². The molecule has 0 saturated carbocycles. The molecule has 94 valence electrons. The van der Waals surface area contributed by atoms with Gasteiger partial charge >= 0.3 is 5.97 Å². The molecule has 0 aliphatic rings. The number of anilines is 1. The third kappa shape index (κ3) is 5.39. The van der Waals surface area contributed by atoms with Crippen LogP contribution in [0.3, 0.4) is 0 Å². The first-order valence-corrected chi connectivity index (χ1v) is 6.25. The summed E-state index contributed by atoms with van der Waals surface area (Å²) in [5.41, 5.74) is 5.16. The fraction of sp³-hybridized carbons (Fsp3) is 0.500. The summed E-state index contributed by atoms with van der Waals surface area (Å²) >= 11 is 1.35. The van der Waals surface area contributed by atoms with Crippen molar-refractivity contribution in [2.24, 2.45) is 0 Å². The first kappa shape index (κ1) is 13.6. The second-order valence-electron chi connectivity index (χ2n) is 3.23. The van der Waals surface area contributed by atoms with Gasteiger partial charge in [-0.2, -0.15) is 0 Å². The van der Waals surface area contributed by atoms with Crippen LogP contribution >= 0.6 is 11.8 Å². The number of aromatic amines is 1. The Morgan fingerprint density at radius 3 is 3.06 bits per heavy atom. The van der Waals surface area contributed by atoms with E-state index in [1.165, 1.54) is 17.8 Å². The van der Waals surface area contributed by atoms with Gasteiger partial charge in [-0.05, 0) is 13.3 Å². The average molecular weight is 257 g/mol. The smallest absolute Gasteiger partial charge is 0.305 e. The van der Waals surface area contributed by atoms with Crippen molar-refractivity contribution >= 4 is 23.5 Å². The Morgan fingerprint density at radius 1 is 1.65 bits per heavy atom. The number of aromatic nitrogens is 2. The number of nitrogens with two attached hydrogens (primary N) is 1. The summed E-state index contributed by atoms with van der Waals surface area (Å²) in [6.45, 7) is 2.17. The molecule has 7 heteroatoms. The zero-order chi connectivity index (χ0) is 12.7. The van der Waals surface area contributed by atoms with E-state index in [1.54, 1.807) is 6.92 Å². The third-order valence-corrected chi connectivity index (χ3v) is 2.77. The summed E-state index contributed by atoms with van der Waals surface area (Å²) in [6, 6.07) is 1.22. The Hall–Kier alpha value is -1.50. The molecule has 3 N–H and O–H groups in total. The Balaban J connectivity index is 2.31. The van der Waals surface area contributed by atoms with Gasteiger partial charge in [-0.3, -0.25) is 9.59 Å². The largest absolute Gasteiger partial charge is 0.466 e. The van der Waals surface area contributed by atoms with Crippen molar-refractivity contribution in [2.75, 3.05) is 18.1 Å². The van der Waals surface area contributed by atoms with Crippen LogP contribution in [0.1, 0.15) is 19.8 Å². The highest BCUT2D eigenvalue weighted by Crippen LogP contribution is 2.14. The van der Waals surface area contributed by atoms with Gasteiger partial charge in [-0.1, -0.05) is 11.8 Å². The molecule has 0 aromatic carbocycles. The molecular formula is C10H15N3O3S. The van der Waals surface area contributed by atoms with Crippen LogP contribution in [-0.4, -0.2) is 28.3 Å². The summed E-state index contributed by atoms with van der Waals surface area (Å²) in [6.07, 6.45) is 1.04. The number of hydrogen-bond donors (Lipinski definition) is 2. The normalized spacial score (nSPS) is 10.2. The van der Waals surface area contributed by atoms with E-state index in [0.717, 1.165) is 0 Å². The van der Waals surface area contributed by atoms with Gasteiger partial charge in [0, 0.05) is 18.2 Å². The molecule has 0 aliphatic carbocycles. The molecule has 0 spiro atoms. The van der Waals surface area contributed by atoms with Crippen LogP contribution in [0.4, 0.5) is 5.82 Å². The number of thioether (sulfide) groups is 1. The number of nitrogen functional groups attached to an aromatic ring is 1. The van der Waals surface area contributed by atoms with Gasteiger partial charge in [0.15, 0.2) is 5.16 Å². The van der Waals surface area contributed by atoms with Crippen LogP contribution in [0.15, 0.2) is 16.0 Å². The highest BCUT2D eigenvalue weighted by atomic mass is 32.2. The summed E-state index contributed by atoms with van der Waals surface area (Å²) in [5, 5.41) is 0.471. The molecule has 0 unspecified atom stereocenters. The second kappa shape index (κ2) is 6.95. The number of ether oxygens (including phenoxy) is 1. The van der Waals surface area contributed by atoms with Crippen molar-refractivity contribution in [3.8, 4) is 0 Å². The number of carbonyl (C=O) groups excluding carboxylic acids is 1. The maximum absolute atomic E-state index is 11.1. The summed E-state index contributed by atoms with van der Waals surface area (Å²) in [7, 11) is 0. The van der Waals surface area contributed by atoms with Crippen LogP contribution in [-0.2, 0) is 9.53 Å². The van der Waals surface area contributed by atoms with E-state index in [-0.39, 0.29) is 17.3 Å². The standard InChI is InChI=1S/C10H15N3O3S/c1-2-16-9(15)4-3-5-17-10-12-7(11)6-8(14)13-10/h6H,2-5H2,1H3,(H3,11,12,13,14). The van der Waals surface area contributed by atoms with Crippen LogP contribution in [0.2, 0.25) is 0 Å². The molecule has 0 atom stereocenters. The van der Waals surface area contributed by atoms with Gasteiger partial charge in [0.1, 0.15) is 5.82 Å². The zero-order valence-corrected chi connectivity index (χ0v) is 10.4. The highest BCUT2D eigenvalue weighted by Gasteiger charge is 2.03. The molecule has 1 aromatic rings. The lowest BCUT2D eigenvalue weighted by molar-refractivity contribution is -0.143. The van der Waals surface area contributed by atoms with E-state index in [2.05, 4.69) is 9.97 Å². The van der Waals surface area contributed by atoms with Crippen LogP contribution in [0, 0.1) is 0 Å². The van der Waals surface area contributed by atoms with Crippen LogP contribution in [0.5, 0.6) is 0 Å². The van der Waals surface area contributed by atoms with Crippen LogP contribution < -0.4 is 11.3 Å². The molecule has 0 radical (unpaired) electrons.